The third-order valence-corrected chi connectivity index (χ3v) is 2.09. The lowest BCUT2D eigenvalue weighted by Gasteiger charge is -1.93. The van der Waals surface area contributed by atoms with Crippen molar-refractivity contribution in [3.05, 3.63) is 34.2 Å². The van der Waals surface area contributed by atoms with Crippen molar-refractivity contribution in [1.29, 1.82) is 5.41 Å². The van der Waals surface area contributed by atoms with Crippen molar-refractivity contribution < 1.29 is 0 Å². The molecular formula is C9H9N3O. The minimum Gasteiger partial charge on any atom is -0.308 e. The van der Waals surface area contributed by atoms with E-state index in [2.05, 4.69) is 4.98 Å². The van der Waals surface area contributed by atoms with E-state index in [0.29, 0.717) is 0 Å². The van der Waals surface area contributed by atoms with Crippen LogP contribution in [0.2, 0.25) is 0 Å². The zero-order valence-corrected chi connectivity index (χ0v) is 7.16. The second kappa shape index (κ2) is 2.58. The molecule has 1 heterocycles. The van der Waals surface area contributed by atoms with Gasteiger partial charge in [-0.15, -0.1) is 0 Å². The van der Waals surface area contributed by atoms with Crippen molar-refractivity contribution in [3.63, 3.8) is 0 Å². The van der Waals surface area contributed by atoms with Crippen LogP contribution in [-0.4, -0.2) is 15.8 Å². The number of fused-ring (bicyclic) bond motifs is 1. The zero-order valence-electron chi connectivity index (χ0n) is 7.16. The van der Waals surface area contributed by atoms with E-state index in [-0.39, 0.29) is 5.69 Å². The van der Waals surface area contributed by atoms with Gasteiger partial charge in [-0.3, -0.25) is 4.57 Å². The predicted molar refractivity (Wildman–Crippen MR) is 51.4 cm³/mol. The van der Waals surface area contributed by atoms with Crippen LogP contribution >= 0.6 is 0 Å². The summed E-state index contributed by atoms with van der Waals surface area (Å²) in [7, 11) is 1.71. The first-order valence-corrected chi connectivity index (χ1v) is 3.91. The van der Waals surface area contributed by atoms with Crippen LogP contribution in [0.25, 0.3) is 11.0 Å². The van der Waals surface area contributed by atoms with Gasteiger partial charge in [0.25, 0.3) is 0 Å². The molecule has 2 rings (SSSR count). The molecule has 66 valence electrons. The summed E-state index contributed by atoms with van der Waals surface area (Å²) in [5.74, 6) is 0. The van der Waals surface area contributed by atoms with E-state index in [1.807, 2.05) is 12.1 Å². The number of nitrogens with one attached hydrogen (secondary N) is 2. The quantitative estimate of drug-likeness (QED) is 0.620. The summed E-state index contributed by atoms with van der Waals surface area (Å²) in [6.07, 6.45) is 1.25. The molecule has 2 N–H and O–H groups in total. The molecule has 0 aliphatic rings. The van der Waals surface area contributed by atoms with E-state index in [0.717, 1.165) is 16.6 Å². The van der Waals surface area contributed by atoms with Gasteiger partial charge in [-0.1, -0.05) is 6.07 Å². The highest BCUT2D eigenvalue weighted by Crippen LogP contribution is 2.09. The number of imidazole rings is 1. The molecule has 0 fully saturated rings. The van der Waals surface area contributed by atoms with Gasteiger partial charge in [0.1, 0.15) is 0 Å². The first-order valence-electron chi connectivity index (χ1n) is 3.91. The van der Waals surface area contributed by atoms with Crippen LogP contribution in [0.1, 0.15) is 5.56 Å². The second-order valence-electron chi connectivity index (χ2n) is 2.91. The first kappa shape index (κ1) is 7.79. The van der Waals surface area contributed by atoms with Crippen molar-refractivity contribution in [1.82, 2.24) is 9.55 Å². The molecule has 0 radical (unpaired) electrons. The standard InChI is InChI=1S/C9H9N3O/c1-12-8-3-2-6(5-10)4-7(8)11-9(12)13/h2-5,10H,1H3,(H,11,13). The van der Waals surface area contributed by atoms with Gasteiger partial charge >= 0.3 is 5.69 Å². The molecule has 0 amide bonds. The molecule has 1 aromatic heterocycles. The summed E-state index contributed by atoms with van der Waals surface area (Å²) in [4.78, 5) is 13.9. The number of H-pyrrole nitrogens is 1. The Kier molecular flexibility index (Phi) is 1.55. The largest absolute Gasteiger partial charge is 0.326 e. The van der Waals surface area contributed by atoms with Crippen molar-refractivity contribution in [2.75, 3.05) is 0 Å². The molecule has 4 nitrogen and oxygen atoms in total. The van der Waals surface area contributed by atoms with Gasteiger partial charge in [0.15, 0.2) is 0 Å². The second-order valence-corrected chi connectivity index (χ2v) is 2.91. The molecule has 0 atom stereocenters. The monoisotopic (exact) mass is 175 g/mol. The number of hydrogen-bond acceptors (Lipinski definition) is 2. The number of aromatic nitrogens is 2. The Balaban J connectivity index is 2.87. The summed E-state index contributed by atoms with van der Waals surface area (Å²) in [6.45, 7) is 0. The van der Waals surface area contributed by atoms with Crippen LogP contribution in [-0.2, 0) is 7.05 Å². The van der Waals surface area contributed by atoms with E-state index in [9.17, 15) is 4.79 Å². The van der Waals surface area contributed by atoms with Gasteiger partial charge in [-0.25, -0.2) is 4.79 Å². The molecule has 2 aromatic rings. The molecule has 0 saturated carbocycles. The lowest BCUT2D eigenvalue weighted by Crippen LogP contribution is -2.11. The normalized spacial score (nSPS) is 10.5. The Morgan fingerprint density at radius 3 is 3.00 bits per heavy atom. The van der Waals surface area contributed by atoms with Gasteiger partial charge in [-0.2, -0.15) is 0 Å². The smallest absolute Gasteiger partial charge is 0.308 e. The molecule has 1 aromatic carbocycles. The number of aryl methyl sites for hydroxylation is 1. The Morgan fingerprint density at radius 2 is 2.31 bits per heavy atom. The molecule has 4 heteroatoms. The third-order valence-electron chi connectivity index (χ3n) is 2.09. The Labute approximate surface area is 74.3 Å². The van der Waals surface area contributed by atoms with Gasteiger partial charge in [0.05, 0.1) is 11.0 Å². The van der Waals surface area contributed by atoms with Crippen LogP contribution in [0.5, 0.6) is 0 Å². The van der Waals surface area contributed by atoms with E-state index in [4.69, 9.17) is 5.41 Å². The minimum atomic E-state index is -0.128. The zero-order chi connectivity index (χ0) is 9.42. The number of benzene rings is 1. The number of nitrogens with zero attached hydrogens (tertiary/aromatic N) is 1. The fourth-order valence-electron chi connectivity index (χ4n) is 1.34. The van der Waals surface area contributed by atoms with Gasteiger partial charge in [0.2, 0.25) is 0 Å². The van der Waals surface area contributed by atoms with Crippen molar-refractivity contribution >= 4 is 17.2 Å². The molecule has 0 saturated heterocycles. The van der Waals surface area contributed by atoms with Gasteiger partial charge < -0.3 is 10.4 Å². The van der Waals surface area contributed by atoms with Crippen LogP contribution < -0.4 is 5.69 Å². The van der Waals surface area contributed by atoms with Crippen molar-refractivity contribution in [2.45, 2.75) is 0 Å². The number of hydrogen-bond donors (Lipinski definition) is 2. The molecule has 0 unspecified atom stereocenters. The molecule has 13 heavy (non-hydrogen) atoms. The fraction of sp³-hybridized carbons (Fsp3) is 0.111. The van der Waals surface area contributed by atoms with E-state index >= 15 is 0 Å². The van der Waals surface area contributed by atoms with E-state index in [1.54, 1.807) is 17.7 Å². The number of aromatic amines is 1. The van der Waals surface area contributed by atoms with Crippen molar-refractivity contribution in [3.8, 4) is 0 Å². The Morgan fingerprint density at radius 1 is 1.54 bits per heavy atom. The SMILES string of the molecule is Cn1c(=O)[nH]c2cc(C=N)ccc21. The maximum Gasteiger partial charge on any atom is 0.326 e. The lowest BCUT2D eigenvalue weighted by molar-refractivity contribution is 0.891. The van der Waals surface area contributed by atoms with Crippen LogP contribution in [0.15, 0.2) is 23.0 Å². The summed E-state index contributed by atoms with van der Waals surface area (Å²) in [5.41, 5.74) is 2.29. The van der Waals surface area contributed by atoms with E-state index < -0.39 is 0 Å². The van der Waals surface area contributed by atoms with Crippen LogP contribution in [0.3, 0.4) is 0 Å². The third kappa shape index (κ3) is 1.07. The van der Waals surface area contributed by atoms with E-state index in [1.165, 1.54) is 6.21 Å². The summed E-state index contributed by atoms with van der Waals surface area (Å²) in [5, 5.41) is 7.06. The molecule has 0 aliphatic heterocycles. The summed E-state index contributed by atoms with van der Waals surface area (Å²) < 4.78 is 1.54. The Hall–Kier alpha value is -1.84. The minimum absolute atomic E-state index is 0.128. The molecule has 0 spiro atoms. The highest BCUT2D eigenvalue weighted by atomic mass is 16.1. The average Bonchev–Trinajstić information content (AvgIpc) is 2.42. The van der Waals surface area contributed by atoms with Crippen molar-refractivity contribution in [2.24, 2.45) is 7.05 Å². The summed E-state index contributed by atoms with van der Waals surface area (Å²) >= 11 is 0. The maximum atomic E-state index is 11.2. The number of rotatable bonds is 1. The lowest BCUT2D eigenvalue weighted by atomic mass is 10.2. The molecule has 0 bridgehead atoms. The van der Waals surface area contributed by atoms with Gasteiger partial charge in [-0.05, 0) is 17.7 Å². The summed E-state index contributed by atoms with van der Waals surface area (Å²) in [6, 6.07) is 5.42. The van der Waals surface area contributed by atoms with Crippen LogP contribution in [0, 0.1) is 5.41 Å². The predicted octanol–water partition coefficient (Wildman–Crippen LogP) is 0.864. The Bertz CT molecular complexity index is 521. The van der Waals surface area contributed by atoms with Gasteiger partial charge in [0, 0.05) is 13.3 Å². The first-order chi connectivity index (χ1) is 6.22. The maximum absolute atomic E-state index is 11.2. The molecule has 0 aliphatic carbocycles. The van der Waals surface area contributed by atoms with Crippen LogP contribution in [0.4, 0.5) is 0 Å². The average molecular weight is 175 g/mol. The molecular weight excluding hydrogens is 166 g/mol. The highest BCUT2D eigenvalue weighted by Gasteiger charge is 2.01. The fourth-order valence-corrected chi connectivity index (χ4v) is 1.34. The topological polar surface area (TPSA) is 61.6 Å². The highest BCUT2D eigenvalue weighted by molar-refractivity contribution is 5.85.